The fourth-order valence-corrected chi connectivity index (χ4v) is 0.797. The van der Waals surface area contributed by atoms with Crippen molar-refractivity contribution in [2.75, 3.05) is 0 Å². The van der Waals surface area contributed by atoms with Gasteiger partial charge in [0.2, 0.25) is 0 Å². The summed E-state index contributed by atoms with van der Waals surface area (Å²) in [4.78, 5) is 8.65. The van der Waals surface area contributed by atoms with Crippen LogP contribution in [0.25, 0.3) is 0 Å². The molecular weight excluding hydrogens is 108 g/mol. The molecule has 0 bridgehead atoms. The van der Waals surface area contributed by atoms with Gasteiger partial charge in [-0.15, -0.1) is 0 Å². The SMILES string of the molecule is [OH+]=c1ccccs1. The maximum atomic E-state index is 8.65. The Morgan fingerprint density at radius 2 is 2.29 bits per heavy atom. The van der Waals surface area contributed by atoms with Crippen molar-refractivity contribution in [2.45, 2.75) is 0 Å². The monoisotopic (exact) mass is 113 g/mol. The van der Waals surface area contributed by atoms with Crippen molar-refractivity contribution in [2.24, 2.45) is 0 Å². The second-order valence-corrected chi connectivity index (χ2v) is 2.07. The molecular formula is C5H5OS+. The van der Waals surface area contributed by atoms with E-state index in [4.69, 9.17) is 4.79 Å². The molecule has 0 atom stereocenters. The van der Waals surface area contributed by atoms with Gasteiger partial charge >= 0.3 is 4.74 Å². The molecule has 0 unspecified atom stereocenters. The van der Waals surface area contributed by atoms with Crippen molar-refractivity contribution in [3.8, 4) is 0 Å². The second kappa shape index (κ2) is 1.89. The van der Waals surface area contributed by atoms with Crippen LogP contribution in [0.4, 0.5) is 0 Å². The zero-order valence-corrected chi connectivity index (χ0v) is 4.48. The van der Waals surface area contributed by atoms with Crippen LogP contribution >= 0.6 is 11.3 Å². The first-order chi connectivity index (χ1) is 3.39. The lowest BCUT2D eigenvalue weighted by molar-refractivity contribution is 0.592. The average molecular weight is 113 g/mol. The van der Waals surface area contributed by atoms with E-state index in [0.717, 1.165) is 0 Å². The van der Waals surface area contributed by atoms with Crippen LogP contribution in [0.2, 0.25) is 0 Å². The van der Waals surface area contributed by atoms with E-state index in [1.165, 1.54) is 11.3 Å². The third-order valence-electron chi connectivity index (χ3n) is 0.617. The third kappa shape index (κ3) is 1.12. The molecule has 1 heterocycles. The Balaban J connectivity index is 3.28. The molecule has 0 radical (unpaired) electrons. The van der Waals surface area contributed by atoms with Gasteiger partial charge in [-0.1, -0.05) is 12.1 Å². The topological polar surface area (TPSA) is 21.4 Å². The second-order valence-electron chi connectivity index (χ2n) is 1.14. The molecule has 0 aliphatic carbocycles. The Labute approximate surface area is 45.2 Å². The van der Waals surface area contributed by atoms with Gasteiger partial charge in [-0.3, -0.25) is 4.79 Å². The zero-order chi connectivity index (χ0) is 5.11. The first-order valence-electron chi connectivity index (χ1n) is 1.95. The summed E-state index contributed by atoms with van der Waals surface area (Å²) in [6, 6.07) is 5.33. The van der Waals surface area contributed by atoms with Gasteiger partial charge in [0.1, 0.15) is 0 Å². The lowest BCUT2D eigenvalue weighted by atomic mass is 10.6. The molecule has 0 aliphatic rings. The van der Waals surface area contributed by atoms with E-state index in [2.05, 4.69) is 0 Å². The fraction of sp³-hybridized carbons (Fsp3) is 0. The van der Waals surface area contributed by atoms with Crippen molar-refractivity contribution >= 4 is 11.3 Å². The van der Waals surface area contributed by atoms with Gasteiger partial charge in [0, 0.05) is 0 Å². The summed E-state index contributed by atoms with van der Waals surface area (Å²) >= 11 is 1.32. The number of hydrogen-bond donors (Lipinski definition) is 0. The molecule has 7 heavy (non-hydrogen) atoms. The van der Waals surface area contributed by atoms with Crippen LogP contribution in [0.3, 0.4) is 0 Å². The molecule has 0 amide bonds. The Morgan fingerprint density at radius 1 is 1.43 bits per heavy atom. The van der Waals surface area contributed by atoms with E-state index >= 15 is 0 Å². The Bertz CT molecular complexity index is 174. The smallest absolute Gasteiger partial charge is 0.264 e. The van der Waals surface area contributed by atoms with Crippen LogP contribution < -0.4 is 4.74 Å². The molecule has 0 aliphatic heterocycles. The molecule has 1 nitrogen and oxygen atoms in total. The van der Waals surface area contributed by atoms with E-state index < -0.39 is 0 Å². The molecule has 36 valence electrons. The summed E-state index contributed by atoms with van der Waals surface area (Å²) < 4.78 is 0.363. The molecule has 1 aromatic rings. The highest BCUT2D eigenvalue weighted by Crippen LogP contribution is 1.81. The molecule has 0 saturated carbocycles. The van der Waals surface area contributed by atoms with E-state index in [-0.39, 0.29) is 0 Å². The maximum absolute atomic E-state index is 8.65. The molecule has 2 heteroatoms. The maximum Gasteiger partial charge on any atom is 0.397 e. The van der Waals surface area contributed by atoms with Gasteiger partial charge in [-0.25, -0.2) is 0 Å². The van der Waals surface area contributed by atoms with Crippen LogP contribution in [0.1, 0.15) is 0 Å². The Hall–Kier alpha value is -0.630. The van der Waals surface area contributed by atoms with E-state index in [1.807, 2.05) is 11.4 Å². The van der Waals surface area contributed by atoms with E-state index in [9.17, 15) is 0 Å². The summed E-state index contributed by atoms with van der Waals surface area (Å²) in [6.45, 7) is 0. The standard InChI is InChI=1S/C5H4OS/c6-5-3-1-2-4-7-5/h1-4H/p+1. The largest absolute Gasteiger partial charge is 0.397 e. The third-order valence-corrected chi connectivity index (χ3v) is 1.29. The first kappa shape index (κ1) is 4.53. The highest BCUT2D eigenvalue weighted by Gasteiger charge is 1.79. The van der Waals surface area contributed by atoms with Gasteiger partial charge < -0.3 is 0 Å². The Morgan fingerprint density at radius 3 is 2.57 bits per heavy atom. The molecule has 0 spiro atoms. The lowest BCUT2D eigenvalue weighted by Gasteiger charge is -1.64. The summed E-state index contributed by atoms with van der Waals surface area (Å²) in [5.74, 6) is 0. The first-order valence-corrected chi connectivity index (χ1v) is 2.83. The highest BCUT2D eigenvalue weighted by molar-refractivity contribution is 7.06. The predicted octanol–water partition coefficient (Wildman–Crippen LogP) is 0.753. The number of rotatable bonds is 0. The summed E-state index contributed by atoms with van der Waals surface area (Å²) in [5, 5.41) is 1.83. The summed E-state index contributed by atoms with van der Waals surface area (Å²) in [7, 11) is 0. The predicted molar refractivity (Wildman–Crippen MR) is 29.4 cm³/mol. The normalized spacial score (nSPS) is 8.57. The van der Waals surface area contributed by atoms with Crippen LogP contribution in [-0.4, -0.2) is 4.79 Å². The van der Waals surface area contributed by atoms with E-state index in [1.54, 1.807) is 12.1 Å². The average Bonchev–Trinajstić information content (AvgIpc) is 1.69. The van der Waals surface area contributed by atoms with Crippen LogP contribution in [0.5, 0.6) is 0 Å². The van der Waals surface area contributed by atoms with Crippen LogP contribution in [0, 0.1) is 0 Å². The van der Waals surface area contributed by atoms with Crippen molar-refractivity contribution in [3.63, 3.8) is 0 Å². The minimum Gasteiger partial charge on any atom is -0.264 e. The van der Waals surface area contributed by atoms with Crippen LogP contribution in [-0.2, 0) is 0 Å². The molecule has 0 aromatic carbocycles. The van der Waals surface area contributed by atoms with Crippen molar-refractivity contribution < 1.29 is 4.79 Å². The minimum atomic E-state index is 0.363. The zero-order valence-electron chi connectivity index (χ0n) is 3.66. The molecule has 1 aromatic heterocycles. The summed E-state index contributed by atoms with van der Waals surface area (Å²) in [6.07, 6.45) is 0. The van der Waals surface area contributed by atoms with Gasteiger partial charge in [0.25, 0.3) is 0 Å². The highest BCUT2D eigenvalue weighted by atomic mass is 32.1. The molecule has 0 fully saturated rings. The molecule has 0 saturated heterocycles. The van der Waals surface area contributed by atoms with Gasteiger partial charge in [-0.2, -0.15) is 0 Å². The van der Waals surface area contributed by atoms with Gasteiger partial charge in [0.15, 0.2) is 0 Å². The quantitative estimate of drug-likeness (QED) is 0.443. The molecule has 1 N–H and O–H groups in total. The van der Waals surface area contributed by atoms with Crippen molar-refractivity contribution in [1.29, 1.82) is 0 Å². The molecule has 1 rings (SSSR count). The Kier molecular flexibility index (Phi) is 1.22. The van der Waals surface area contributed by atoms with Crippen molar-refractivity contribution in [1.82, 2.24) is 0 Å². The van der Waals surface area contributed by atoms with E-state index in [0.29, 0.717) is 4.74 Å². The number of hydrogen-bond acceptors (Lipinski definition) is 1. The van der Waals surface area contributed by atoms with Gasteiger partial charge in [0.05, 0.1) is 6.07 Å². The summed E-state index contributed by atoms with van der Waals surface area (Å²) in [5.41, 5.74) is 0. The van der Waals surface area contributed by atoms with Gasteiger partial charge in [-0.05, 0) is 16.7 Å². The van der Waals surface area contributed by atoms with Crippen molar-refractivity contribution in [3.05, 3.63) is 28.3 Å². The lowest BCUT2D eigenvalue weighted by Crippen LogP contribution is -1.88. The minimum absolute atomic E-state index is 0.363. The van der Waals surface area contributed by atoms with Crippen LogP contribution in [0.15, 0.2) is 23.6 Å². The fourth-order valence-electron chi connectivity index (χ4n) is 0.332.